The van der Waals surface area contributed by atoms with E-state index in [1.807, 2.05) is 0 Å². The van der Waals surface area contributed by atoms with E-state index in [4.69, 9.17) is 5.11 Å². The summed E-state index contributed by atoms with van der Waals surface area (Å²) in [4.78, 5) is 27.5. The second-order valence-electron chi connectivity index (χ2n) is 3.61. The first-order valence-corrected chi connectivity index (χ1v) is 4.89. The summed E-state index contributed by atoms with van der Waals surface area (Å²) < 4.78 is 0. The number of carbonyl (C=O) groups is 2. The van der Waals surface area contributed by atoms with Crippen molar-refractivity contribution in [2.75, 3.05) is 7.05 Å². The molecule has 5 nitrogen and oxygen atoms in total. The third-order valence-corrected chi connectivity index (χ3v) is 2.29. The average Bonchev–Trinajstić information content (AvgIpc) is 2.28. The Bertz CT molecular complexity index is 378. The van der Waals surface area contributed by atoms with Crippen LogP contribution < -0.4 is 0 Å². The molecule has 1 atom stereocenters. The van der Waals surface area contributed by atoms with Gasteiger partial charge in [0.05, 0.1) is 0 Å². The van der Waals surface area contributed by atoms with E-state index in [1.165, 1.54) is 11.8 Å². The SMILES string of the molecule is CC(C(=O)O)C(=O)N(C)Cc1ccncc1. The maximum absolute atomic E-state index is 11.6. The Labute approximate surface area is 93.7 Å². The van der Waals surface area contributed by atoms with Crippen LogP contribution in [0.5, 0.6) is 0 Å². The summed E-state index contributed by atoms with van der Waals surface area (Å²) in [6.07, 6.45) is 3.27. The maximum Gasteiger partial charge on any atom is 0.315 e. The molecule has 0 radical (unpaired) electrons. The van der Waals surface area contributed by atoms with Crippen LogP contribution >= 0.6 is 0 Å². The zero-order valence-corrected chi connectivity index (χ0v) is 9.25. The largest absolute Gasteiger partial charge is 0.481 e. The van der Waals surface area contributed by atoms with Gasteiger partial charge in [-0.05, 0) is 24.6 Å². The number of nitrogens with zero attached hydrogens (tertiary/aromatic N) is 2. The minimum atomic E-state index is -1.11. The number of aliphatic carboxylic acids is 1. The number of rotatable bonds is 4. The molecular weight excluding hydrogens is 208 g/mol. The predicted molar refractivity (Wildman–Crippen MR) is 57.5 cm³/mol. The van der Waals surface area contributed by atoms with Crippen molar-refractivity contribution < 1.29 is 14.7 Å². The monoisotopic (exact) mass is 222 g/mol. The first-order chi connectivity index (χ1) is 7.52. The fourth-order valence-corrected chi connectivity index (χ4v) is 1.28. The molecule has 1 amide bonds. The maximum atomic E-state index is 11.6. The van der Waals surface area contributed by atoms with Crippen LogP contribution in [0.25, 0.3) is 0 Å². The van der Waals surface area contributed by atoms with E-state index in [9.17, 15) is 9.59 Å². The number of pyridine rings is 1. The second-order valence-corrected chi connectivity index (χ2v) is 3.61. The number of hydrogen-bond donors (Lipinski definition) is 1. The number of carbonyl (C=O) groups excluding carboxylic acids is 1. The molecule has 16 heavy (non-hydrogen) atoms. The highest BCUT2D eigenvalue weighted by atomic mass is 16.4. The van der Waals surface area contributed by atoms with Crippen molar-refractivity contribution in [2.24, 2.45) is 5.92 Å². The molecule has 0 saturated heterocycles. The summed E-state index contributed by atoms with van der Waals surface area (Å²) >= 11 is 0. The fourth-order valence-electron chi connectivity index (χ4n) is 1.28. The lowest BCUT2D eigenvalue weighted by molar-refractivity contribution is -0.149. The summed E-state index contributed by atoms with van der Waals surface area (Å²) in [5.74, 6) is -2.51. The zero-order valence-electron chi connectivity index (χ0n) is 9.25. The van der Waals surface area contributed by atoms with Crippen LogP contribution in [0.1, 0.15) is 12.5 Å². The Morgan fingerprint density at radius 2 is 2.00 bits per heavy atom. The van der Waals surface area contributed by atoms with Crippen molar-refractivity contribution in [3.05, 3.63) is 30.1 Å². The summed E-state index contributed by atoms with van der Waals surface area (Å²) in [6.45, 7) is 1.77. The summed E-state index contributed by atoms with van der Waals surface area (Å²) in [7, 11) is 1.59. The molecule has 0 bridgehead atoms. The van der Waals surface area contributed by atoms with Gasteiger partial charge in [0.2, 0.25) is 5.91 Å². The van der Waals surface area contributed by atoms with Gasteiger partial charge in [-0.1, -0.05) is 0 Å². The lowest BCUT2D eigenvalue weighted by atomic mass is 10.1. The molecule has 1 heterocycles. The molecule has 86 valence electrons. The van der Waals surface area contributed by atoms with E-state index in [0.717, 1.165) is 5.56 Å². The van der Waals surface area contributed by atoms with Crippen LogP contribution in [0.4, 0.5) is 0 Å². The lowest BCUT2D eigenvalue weighted by Crippen LogP contribution is -2.34. The Hall–Kier alpha value is -1.91. The summed E-state index contributed by atoms with van der Waals surface area (Å²) in [5.41, 5.74) is 0.920. The Morgan fingerprint density at radius 3 is 2.50 bits per heavy atom. The van der Waals surface area contributed by atoms with Crippen LogP contribution in [0.3, 0.4) is 0 Å². The topological polar surface area (TPSA) is 70.5 Å². The van der Waals surface area contributed by atoms with E-state index in [2.05, 4.69) is 4.98 Å². The first-order valence-electron chi connectivity index (χ1n) is 4.89. The van der Waals surface area contributed by atoms with E-state index in [1.54, 1.807) is 31.6 Å². The van der Waals surface area contributed by atoms with Crippen LogP contribution in [-0.4, -0.2) is 33.9 Å². The van der Waals surface area contributed by atoms with Gasteiger partial charge in [0.25, 0.3) is 0 Å². The molecule has 1 rings (SSSR count). The van der Waals surface area contributed by atoms with Gasteiger partial charge >= 0.3 is 5.97 Å². The fraction of sp³-hybridized carbons (Fsp3) is 0.364. The molecule has 0 aliphatic rings. The van der Waals surface area contributed by atoms with Crippen molar-refractivity contribution >= 4 is 11.9 Å². The van der Waals surface area contributed by atoms with Gasteiger partial charge in [-0.2, -0.15) is 0 Å². The molecule has 5 heteroatoms. The van der Waals surface area contributed by atoms with Gasteiger partial charge in [-0.25, -0.2) is 0 Å². The van der Waals surface area contributed by atoms with Crippen molar-refractivity contribution in [2.45, 2.75) is 13.5 Å². The van der Waals surface area contributed by atoms with Crippen LogP contribution in [0.15, 0.2) is 24.5 Å². The molecule has 1 aromatic rings. The highest BCUT2D eigenvalue weighted by Gasteiger charge is 2.23. The van der Waals surface area contributed by atoms with E-state index >= 15 is 0 Å². The van der Waals surface area contributed by atoms with E-state index in [-0.39, 0.29) is 0 Å². The quantitative estimate of drug-likeness (QED) is 0.763. The third kappa shape index (κ3) is 3.05. The van der Waals surface area contributed by atoms with E-state index in [0.29, 0.717) is 6.54 Å². The number of amides is 1. The molecule has 0 spiro atoms. The Balaban J connectivity index is 2.62. The number of carboxylic acid groups (broad SMARTS) is 1. The average molecular weight is 222 g/mol. The third-order valence-electron chi connectivity index (χ3n) is 2.29. The highest BCUT2D eigenvalue weighted by molar-refractivity contribution is 5.96. The molecule has 1 unspecified atom stereocenters. The van der Waals surface area contributed by atoms with Crippen molar-refractivity contribution in [3.63, 3.8) is 0 Å². The lowest BCUT2D eigenvalue weighted by Gasteiger charge is -2.19. The van der Waals surface area contributed by atoms with Gasteiger partial charge in [-0.3, -0.25) is 14.6 Å². The molecule has 1 aromatic heterocycles. The van der Waals surface area contributed by atoms with Crippen molar-refractivity contribution in [1.82, 2.24) is 9.88 Å². The molecule has 0 saturated carbocycles. The Kier molecular flexibility index (Phi) is 3.99. The summed E-state index contributed by atoms with van der Waals surface area (Å²) in [5, 5.41) is 8.71. The molecule has 0 aromatic carbocycles. The molecule has 1 N–H and O–H groups in total. The van der Waals surface area contributed by atoms with Gasteiger partial charge in [0.1, 0.15) is 5.92 Å². The van der Waals surface area contributed by atoms with Crippen molar-refractivity contribution in [1.29, 1.82) is 0 Å². The van der Waals surface area contributed by atoms with Gasteiger partial charge in [0.15, 0.2) is 0 Å². The zero-order chi connectivity index (χ0) is 12.1. The number of hydrogen-bond acceptors (Lipinski definition) is 3. The minimum Gasteiger partial charge on any atom is -0.481 e. The predicted octanol–water partition coefficient (Wildman–Crippen LogP) is 0.761. The van der Waals surface area contributed by atoms with Gasteiger partial charge < -0.3 is 10.0 Å². The molecule has 0 aliphatic heterocycles. The molecule has 0 aliphatic carbocycles. The normalized spacial score (nSPS) is 11.9. The van der Waals surface area contributed by atoms with Crippen molar-refractivity contribution in [3.8, 4) is 0 Å². The molecular formula is C11H14N2O3. The van der Waals surface area contributed by atoms with E-state index < -0.39 is 17.8 Å². The van der Waals surface area contributed by atoms with Crippen LogP contribution in [0.2, 0.25) is 0 Å². The first kappa shape index (κ1) is 12.2. The van der Waals surface area contributed by atoms with Crippen LogP contribution in [0, 0.1) is 5.92 Å². The van der Waals surface area contributed by atoms with Gasteiger partial charge in [-0.15, -0.1) is 0 Å². The minimum absolute atomic E-state index is 0.388. The number of carboxylic acids is 1. The van der Waals surface area contributed by atoms with Crippen LogP contribution in [-0.2, 0) is 16.1 Å². The highest BCUT2D eigenvalue weighted by Crippen LogP contribution is 2.06. The standard InChI is InChI=1S/C11H14N2O3/c1-8(11(15)16)10(14)13(2)7-9-3-5-12-6-4-9/h3-6,8H,7H2,1-2H3,(H,15,16). The van der Waals surface area contributed by atoms with Gasteiger partial charge in [0, 0.05) is 26.0 Å². The number of aromatic nitrogens is 1. The second kappa shape index (κ2) is 5.25. The smallest absolute Gasteiger partial charge is 0.315 e. The Morgan fingerprint density at radius 1 is 1.44 bits per heavy atom. The molecule has 0 fully saturated rings. The summed E-state index contributed by atoms with van der Waals surface area (Å²) in [6, 6.07) is 3.57.